The van der Waals surface area contributed by atoms with Crippen molar-refractivity contribution in [2.45, 2.75) is 17.9 Å². The fraction of sp³-hybridized carbons (Fsp3) is 0.143. The van der Waals surface area contributed by atoms with E-state index in [9.17, 15) is 8.42 Å². The zero-order chi connectivity index (χ0) is 14.8. The minimum absolute atomic E-state index is 0.0169. The Bertz CT molecular complexity index is 699. The van der Waals surface area contributed by atoms with Crippen LogP contribution in [-0.4, -0.2) is 8.42 Å². The third-order valence-corrected chi connectivity index (χ3v) is 4.54. The SMILES string of the molecule is CC(Nc1ccc(I)cc1)c1cccc(S(N)(=O)=O)c1. The van der Waals surface area contributed by atoms with Crippen LogP contribution in [0.4, 0.5) is 5.69 Å². The van der Waals surface area contributed by atoms with Gasteiger partial charge in [0.1, 0.15) is 0 Å². The monoisotopic (exact) mass is 402 g/mol. The van der Waals surface area contributed by atoms with Crippen molar-refractivity contribution in [3.63, 3.8) is 0 Å². The molecule has 1 unspecified atom stereocenters. The molecule has 0 bridgehead atoms. The lowest BCUT2D eigenvalue weighted by atomic mass is 10.1. The Labute approximate surface area is 132 Å². The molecule has 106 valence electrons. The Morgan fingerprint density at radius 2 is 1.80 bits per heavy atom. The highest BCUT2D eigenvalue weighted by atomic mass is 127. The average Bonchev–Trinajstić information content (AvgIpc) is 2.40. The number of anilines is 1. The Morgan fingerprint density at radius 3 is 2.40 bits per heavy atom. The van der Waals surface area contributed by atoms with Crippen LogP contribution in [0.15, 0.2) is 53.4 Å². The van der Waals surface area contributed by atoms with Crippen molar-refractivity contribution in [2.24, 2.45) is 5.14 Å². The standard InChI is InChI=1S/C14H15IN2O2S/c1-10(17-13-7-5-12(15)6-8-13)11-3-2-4-14(9-11)20(16,18)19/h2-10,17H,1H3,(H2,16,18,19). The molecule has 2 aromatic rings. The fourth-order valence-electron chi connectivity index (χ4n) is 1.84. The first-order valence-electron chi connectivity index (χ1n) is 6.01. The van der Waals surface area contributed by atoms with Gasteiger partial charge in [0.25, 0.3) is 0 Å². The summed E-state index contributed by atoms with van der Waals surface area (Å²) in [5.41, 5.74) is 1.86. The summed E-state index contributed by atoms with van der Waals surface area (Å²) in [5.74, 6) is 0. The van der Waals surface area contributed by atoms with Crippen molar-refractivity contribution in [2.75, 3.05) is 5.32 Å². The highest BCUT2D eigenvalue weighted by Gasteiger charge is 2.11. The van der Waals surface area contributed by atoms with Crippen LogP contribution in [0.3, 0.4) is 0 Å². The van der Waals surface area contributed by atoms with Crippen LogP contribution in [0.25, 0.3) is 0 Å². The predicted molar refractivity (Wildman–Crippen MR) is 89.0 cm³/mol. The summed E-state index contributed by atoms with van der Waals surface area (Å²) >= 11 is 2.25. The molecule has 0 aliphatic rings. The van der Waals surface area contributed by atoms with Crippen LogP contribution < -0.4 is 10.5 Å². The second kappa shape index (κ2) is 6.11. The molecule has 2 aromatic carbocycles. The molecule has 4 nitrogen and oxygen atoms in total. The summed E-state index contributed by atoms with van der Waals surface area (Å²) in [6, 6.07) is 14.6. The van der Waals surface area contributed by atoms with E-state index in [2.05, 4.69) is 27.9 Å². The molecule has 0 amide bonds. The van der Waals surface area contributed by atoms with Gasteiger partial charge in [-0.25, -0.2) is 13.6 Å². The number of primary sulfonamides is 1. The van der Waals surface area contributed by atoms with Crippen molar-refractivity contribution in [3.8, 4) is 0 Å². The number of nitrogens with one attached hydrogen (secondary N) is 1. The highest BCUT2D eigenvalue weighted by Crippen LogP contribution is 2.21. The second-order valence-electron chi connectivity index (χ2n) is 4.49. The summed E-state index contributed by atoms with van der Waals surface area (Å²) < 4.78 is 23.9. The lowest BCUT2D eigenvalue weighted by Crippen LogP contribution is -2.13. The number of rotatable bonds is 4. The predicted octanol–water partition coefficient (Wildman–Crippen LogP) is 3.11. The number of hydrogen-bond donors (Lipinski definition) is 2. The molecule has 0 aromatic heterocycles. The van der Waals surface area contributed by atoms with Gasteiger partial charge in [-0.15, -0.1) is 0 Å². The topological polar surface area (TPSA) is 72.2 Å². The Morgan fingerprint density at radius 1 is 1.15 bits per heavy atom. The zero-order valence-electron chi connectivity index (χ0n) is 10.9. The van der Waals surface area contributed by atoms with E-state index < -0.39 is 10.0 Å². The van der Waals surface area contributed by atoms with Gasteiger partial charge in [0, 0.05) is 15.3 Å². The average molecular weight is 402 g/mol. The summed E-state index contributed by atoms with van der Waals surface area (Å²) in [7, 11) is -3.67. The lowest BCUT2D eigenvalue weighted by molar-refractivity contribution is 0.597. The number of halogens is 1. The maximum absolute atomic E-state index is 11.4. The van der Waals surface area contributed by atoms with Gasteiger partial charge in [0.15, 0.2) is 0 Å². The molecule has 0 saturated heterocycles. The molecule has 0 aliphatic heterocycles. The van der Waals surface area contributed by atoms with Gasteiger partial charge < -0.3 is 5.32 Å². The molecule has 0 spiro atoms. The van der Waals surface area contributed by atoms with Gasteiger partial charge in [-0.05, 0) is 71.5 Å². The van der Waals surface area contributed by atoms with E-state index in [1.165, 1.54) is 6.07 Å². The summed E-state index contributed by atoms with van der Waals surface area (Å²) in [5, 5.41) is 8.47. The van der Waals surface area contributed by atoms with Gasteiger partial charge in [-0.3, -0.25) is 0 Å². The lowest BCUT2D eigenvalue weighted by Gasteiger charge is -2.16. The van der Waals surface area contributed by atoms with Gasteiger partial charge in [0.2, 0.25) is 10.0 Å². The van der Waals surface area contributed by atoms with Crippen molar-refractivity contribution >= 4 is 38.3 Å². The quantitative estimate of drug-likeness (QED) is 0.773. The first kappa shape index (κ1) is 15.3. The van der Waals surface area contributed by atoms with Crippen LogP contribution >= 0.6 is 22.6 Å². The van der Waals surface area contributed by atoms with Crippen molar-refractivity contribution in [1.82, 2.24) is 0 Å². The van der Waals surface area contributed by atoms with Crippen LogP contribution in [0.1, 0.15) is 18.5 Å². The van der Waals surface area contributed by atoms with E-state index in [0.717, 1.165) is 14.8 Å². The first-order valence-corrected chi connectivity index (χ1v) is 8.63. The molecular formula is C14H15IN2O2S. The summed E-state index contributed by atoms with van der Waals surface area (Å²) in [6.45, 7) is 1.97. The van der Waals surface area contributed by atoms with Crippen molar-refractivity contribution in [3.05, 3.63) is 57.7 Å². The molecule has 0 saturated carbocycles. The molecule has 0 radical (unpaired) electrons. The second-order valence-corrected chi connectivity index (χ2v) is 7.30. The van der Waals surface area contributed by atoms with Crippen LogP contribution in [0, 0.1) is 3.57 Å². The number of hydrogen-bond acceptors (Lipinski definition) is 3. The molecule has 0 fully saturated rings. The number of benzene rings is 2. The van der Waals surface area contributed by atoms with E-state index in [1.807, 2.05) is 37.3 Å². The molecular weight excluding hydrogens is 387 g/mol. The third-order valence-electron chi connectivity index (χ3n) is 2.91. The van der Waals surface area contributed by atoms with Crippen LogP contribution in [0.5, 0.6) is 0 Å². The van der Waals surface area contributed by atoms with E-state index >= 15 is 0 Å². The molecule has 1 atom stereocenters. The van der Waals surface area contributed by atoms with E-state index in [4.69, 9.17) is 5.14 Å². The van der Waals surface area contributed by atoms with Crippen LogP contribution in [0.2, 0.25) is 0 Å². The largest absolute Gasteiger partial charge is 0.379 e. The van der Waals surface area contributed by atoms with Gasteiger partial charge in [-0.2, -0.15) is 0 Å². The van der Waals surface area contributed by atoms with Gasteiger partial charge in [-0.1, -0.05) is 12.1 Å². The summed E-state index contributed by atoms with van der Waals surface area (Å²) in [4.78, 5) is 0.131. The normalized spacial score (nSPS) is 12.9. The molecule has 6 heteroatoms. The van der Waals surface area contributed by atoms with E-state index in [1.54, 1.807) is 12.1 Å². The minimum Gasteiger partial charge on any atom is -0.379 e. The van der Waals surface area contributed by atoms with E-state index in [-0.39, 0.29) is 10.9 Å². The maximum atomic E-state index is 11.4. The van der Waals surface area contributed by atoms with Crippen molar-refractivity contribution in [1.29, 1.82) is 0 Å². The summed E-state index contributed by atoms with van der Waals surface area (Å²) in [6.07, 6.45) is 0. The fourth-order valence-corrected chi connectivity index (χ4v) is 2.77. The minimum atomic E-state index is -3.67. The highest BCUT2D eigenvalue weighted by molar-refractivity contribution is 14.1. The maximum Gasteiger partial charge on any atom is 0.238 e. The Balaban J connectivity index is 2.21. The van der Waals surface area contributed by atoms with Crippen LogP contribution in [-0.2, 0) is 10.0 Å². The smallest absolute Gasteiger partial charge is 0.238 e. The third kappa shape index (κ3) is 3.94. The van der Waals surface area contributed by atoms with Crippen molar-refractivity contribution < 1.29 is 8.42 Å². The molecule has 0 heterocycles. The molecule has 3 N–H and O–H groups in total. The number of sulfonamides is 1. The first-order chi connectivity index (χ1) is 9.36. The van der Waals surface area contributed by atoms with E-state index in [0.29, 0.717) is 0 Å². The Hall–Kier alpha value is -1.12. The Kier molecular flexibility index (Phi) is 4.66. The molecule has 20 heavy (non-hydrogen) atoms. The molecule has 2 rings (SSSR count). The van der Waals surface area contributed by atoms with Gasteiger partial charge >= 0.3 is 0 Å². The molecule has 0 aliphatic carbocycles. The van der Waals surface area contributed by atoms with Gasteiger partial charge in [0.05, 0.1) is 4.90 Å². The zero-order valence-corrected chi connectivity index (χ0v) is 13.9. The number of nitrogens with two attached hydrogens (primary N) is 1.